The van der Waals surface area contributed by atoms with E-state index in [-0.39, 0.29) is 22.5 Å². The first-order chi connectivity index (χ1) is 9.08. The lowest BCUT2D eigenvalue weighted by Gasteiger charge is -2.08. The van der Waals surface area contributed by atoms with Crippen LogP contribution in [-0.4, -0.2) is 15.9 Å². The minimum absolute atomic E-state index is 0.137. The van der Waals surface area contributed by atoms with Crippen LogP contribution in [0.3, 0.4) is 0 Å². The fourth-order valence-electron chi connectivity index (χ4n) is 1.48. The van der Waals surface area contributed by atoms with Gasteiger partial charge in [0.15, 0.2) is 0 Å². The molecule has 6 heteroatoms. The number of amides is 1. The summed E-state index contributed by atoms with van der Waals surface area (Å²) < 4.78 is 4.92. The number of rotatable bonds is 4. The van der Waals surface area contributed by atoms with Crippen LogP contribution in [0.25, 0.3) is 0 Å². The summed E-state index contributed by atoms with van der Waals surface area (Å²) in [4.78, 5) is 20.3. The van der Waals surface area contributed by atoms with Gasteiger partial charge in [-0.3, -0.25) is 4.79 Å². The lowest BCUT2D eigenvalue weighted by molar-refractivity contribution is 0.0945. The molecule has 0 fully saturated rings. The molecule has 2 heterocycles. The van der Waals surface area contributed by atoms with Gasteiger partial charge in [-0.2, -0.15) is 0 Å². The zero-order valence-corrected chi connectivity index (χ0v) is 11.4. The second-order valence-electron chi connectivity index (χ2n) is 4.39. The molecule has 5 nitrogen and oxygen atoms in total. The van der Waals surface area contributed by atoms with E-state index in [2.05, 4.69) is 15.3 Å². The van der Waals surface area contributed by atoms with Crippen molar-refractivity contribution in [1.82, 2.24) is 15.3 Å². The molecule has 0 saturated heterocycles. The zero-order valence-electron chi connectivity index (χ0n) is 10.7. The average molecular weight is 280 g/mol. The molecule has 1 amide bonds. The van der Waals surface area contributed by atoms with Crippen LogP contribution in [0, 0.1) is 0 Å². The first kappa shape index (κ1) is 13.5. The van der Waals surface area contributed by atoms with Crippen LogP contribution >= 0.6 is 11.6 Å². The van der Waals surface area contributed by atoms with E-state index in [0.29, 0.717) is 12.4 Å². The standard InChI is InChI=1S/C13H14ClN3O2/c1-8(2)12-15-6-10(14)11(17-12)13(18)16-5-9-3-4-19-7-9/h3-4,6-8H,5H2,1-2H3,(H,16,18). The van der Waals surface area contributed by atoms with E-state index in [4.69, 9.17) is 16.0 Å². The molecule has 19 heavy (non-hydrogen) atoms. The third kappa shape index (κ3) is 3.32. The molecule has 0 aliphatic carbocycles. The Morgan fingerprint density at radius 1 is 1.53 bits per heavy atom. The van der Waals surface area contributed by atoms with Gasteiger partial charge in [0.05, 0.1) is 23.7 Å². The van der Waals surface area contributed by atoms with Gasteiger partial charge in [0, 0.05) is 18.0 Å². The average Bonchev–Trinajstić information content (AvgIpc) is 2.89. The predicted octanol–water partition coefficient (Wildman–Crippen LogP) is 2.78. The Bertz CT molecular complexity index is 567. The molecular weight excluding hydrogens is 266 g/mol. The van der Waals surface area contributed by atoms with E-state index in [1.54, 1.807) is 18.6 Å². The Hall–Kier alpha value is -1.88. The first-order valence-corrected chi connectivity index (χ1v) is 6.27. The van der Waals surface area contributed by atoms with Crippen LogP contribution in [0.4, 0.5) is 0 Å². The minimum atomic E-state index is -0.324. The van der Waals surface area contributed by atoms with Gasteiger partial charge in [-0.15, -0.1) is 0 Å². The van der Waals surface area contributed by atoms with Crippen molar-refractivity contribution in [3.63, 3.8) is 0 Å². The summed E-state index contributed by atoms with van der Waals surface area (Å²) >= 11 is 5.95. The molecule has 0 aliphatic heterocycles. The molecule has 0 bridgehead atoms. The highest BCUT2D eigenvalue weighted by atomic mass is 35.5. The number of nitrogens with one attached hydrogen (secondary N) is 1. The summed E-state index contributed by atoms with van der Waals surface area (Å²) in [5, 5.41) is 2.98. The van der Waals surface area contributed by atoms with Gasteiger partial charge >= 0.3 is 0 Å². The lowest BCUT2D eigenvalue weighted by atomic mass is 10.2. The Balaban J connectivity index is 2.11. The van der Waals surface area contributed by atoms with Crippen molar-refractivity contribution in [3.8, 4) is 0 Å². The molecule has 2 aromatic heterocycles. The van der Waals surface area contributed by atoms with Crippen LogP contribution in [0.2, 0.25) is 5.02 Å². The topological polar surface area (TPSA) is 68.0 Å². The Kier molecular flexibility index (Phi) is 4.16. The summed E-state index contributed by atoms with van der Waals surface area (Å²) in [6.07, 6.45) is 4.58. The fourth-order valence-corrected chi connectivity index (χ4v) is 1.65. The normalized spacial score (nSPS) is 10.7. The molecule has 0 unspecified atom stereocenters. The van der Waals surface area contributed by atoms with E-state index in [9.17, 15) is 4.79 Å². The fraction of sp³-hybridized carbons (Fsp3) is 0.308. The third-order valence-electron chi connectivity index (χ3n) is 2.53. The van der Waals surface area contributed by atoms with Gasteiger partial charge in [-0.25, -0.2) is 9.97 Å². The number of hydrogen-bond acceptors (Lipinski definition) is 4. The van der Waals surface area contributed by atoms with Gasteiger partial charge in [0.2, 0.25) is 0 Å². The van der Waals surface area contributed by atoms with Crippen LogP contribution in [0.15, 0.2) is 29.2 Å². The second kappa shape index (κ2) is 5.84. The maximum atomic E-state index is 12.0. The van der Waals surface area contributed by atoms with Crippen molar-refractivity contribution in [2.75, 3.05) is 0 Å². The number of furan rings is 1. The molecule has 100 valence electrons. The predicted molar refractivity (Wildman–Crippen MR) is 71.0 cm³/mol. The van der Waals surface area contributed by atoms with E-state index < -0.39 is 0 Å². The SMILES string of the molecule is CC(C)c1ncc(Cl)c(C(=O)NCc2ccoc2)n1. The maximum absolute atomic E-state index is 12.0. The second-order valence-corrected chi connectivity index (χ2v) is 4.80. The summed E-state index contributed by atoms with van der Waals surface area (Å²) in [5.74, 6) is 0.408. The number of hydrogen-bond donors (Lipinski definition) is 1. The van der Waals surface area contributed by atoms with Crippen molar-refractivity contribution in [1.29, 1.82) is 0 Å². The lowest BCUT2D eigenvalue weighted by Crippen LogP contribution is -2.24. The van der Waals surface area contributed by atoms with Gasteiger partial charge in [0.25, 0.3) is 5.91 Å². The molecule has 1 N–H and O–H groups in total. The highest BCUT2D eigenvalue weighted by Crippen LogP contribution is 2.16. The molecule has 0 atom stereocenters. The van der Waals surface area contributed by atoms with Crippen LogP contribution in [0.1, 0.15) is 41.6 Å². The molecule has 0 spiro atoms. The van der Waals surface area contributed by atoms with E-state index in [1.165, 1.54) is 6.20 Å². The van der Waals surface area contributed by atoms with Crippen molar-refractivity contribution in [2.45, 2.75) is 26.3 Å². The molecule has 2 aromatic rings. The highest BCUT2D eigenvalue weighted by molar-refractivity contribution is 6.33. The van der Waals surface area contributed by atoms with Crippen LogP contribution in [0.5, 0.6) is 0 Å². The smallest absolute Gasteiger partial charge is 0.271 e. The van der Waals surface area contributed by atoms with Gasteiger partial charge in [-0.05, 0) is 6.07 Å². The van der Waals surface area contributed by atoms with Gasteiger partial charge in [-0.1, -0.05) is 25.4 Å². The quantitative estimate of drug-likeness (QED) is 0.934. The van der Waals surface area contributed by atoms with Crippen LogP contribution in [-0.2, 0) is 6.54 Å². The Morgan fingerprint density at radius 3 is 2.95 bits per heavy atom. The Morgan fingerprint density at radius 2 is 2.32 bits per heavy atom. The highest BCUT2D eigenvalue weighted by Gasteiger charge is 2.15. The van der Waals surface area contributed by atoms with Crippen molar-refractivity contribution < 1.29 is 9.21 Å². The molecular formula is C13H14ClN3O2. The number of carbonyl (C=O) groups is 1. The van der Waals surface area contributed by atoms with Crippen molar-refractivity contribution >= 4 is 17.5 Å². The zero-order chi connectivity index (χ0) is 13.8. The molecule has 0 saturated carbocycles. The molecule has 0 aromatic carbocycles. The summed E-state index contributed by atoms with van der Waals surface area (Å²) in [7, 11) is 0. The minimum Gasteiger partial charge on any atom is -0.472 e. The van der Waals surface area contributed by atoms with Gasteiger partial charge < -0.3 is 9.73 Å². The molecule has 2 rings (SSSR count). The maximum Gasteiger partial charge on any atom is 0.271 e. The first-order valence-electron chi connectivity index (χ1n) is 5.89. The number of nitrogens with zero attached hydrogens (tertiary/aromatic N) is 2. The third-order valence-corrected chi connectivity index (χ3v) is 2.80. The summed E-state index contributed by atoms with van der Waals surface area (Å²) in [5.41, 5.74) is 1.08. The van der Waals surface area contributed by atoms with E-state index in [1.807, 2.05) is 13.8 Å². The molecule has 0 aliphatic rings. The molecule has 0 radical (unpaired) electrons. The van der Waals surface area contributed by atoms with Crippen molar-refractivity contribution in [3.05, 3.63) is 46.9 Å². The number of aromatic nitrogens is 2. The van der Waals surface area contributed by atoms with E-state index in [0.717, 1.165) is 5.56 Å². The summed E-state index contributed by atoms with van der Waals surface area (Å²) in [6.45, 7) is 4.28. The largest absolute Gasteiger partial charge is 0.472 e. The van der Waals surface area contributed by atoms with E-state index >= 15 is 0 Å². The van der Waals surface area contributed by atoms with Crippen LogP contribution < -0.4 is 5.32 Å². The van der Waals surface area contributed by atoms with Crippen molar-refractivity contribution in [2.24, 2.45) is 0 Å². The number of carbonyl (C=O) groups excluding carboxylic acids is 1. The Labute approximate surface area is 116 Å². The number of halogens is 1. The summed E-state index contributed by atoms with van der Waals surface area (Å²) in [6, 6.07) is 1.78. The van der Waals surface area contributed by atoms with Gasteiger partial charge in [0.1, 0.15) is 11.5 Å². The monoisotopic (exact) mass is 279 g/mol.